The van der Waals surface area contributed by atoms with E-state index in [1.807, 2.05) is 42.2 Å². The molecular formula is C31H34FN3O4. The molecule has 1 amide bonds. The van der Waals surface area contributed by atoms with E-state index in [9.17, 15) is 18.8 Å². The molecule has 39 heavy (non-hydrogen) atoms. The van der Waals surface area contributed by atoms with Crippen molar-refractivity contribution >= 4 is 23.2 Å². The minimum atomic E-state index is -0.359. The number of ether oxygens (including phenoxy) is 1. The summed E-state index contributed by atoms with van der Waals surface area (Å²) < 4.78 is 18.7. The maximum absolute atomic E-state index is 13.7. The van der Waals surface area contributed by atoms with Gasteiger partial charge in [0.05, 0.1) is 44.5 Å². The molecule has 0 saturated carbocycles. The molecule has 1 saturated heterocycles. The molecule has 0 unspecified atom stereocenters. The van der Waals surface area contributed by atoms with Crippen molar-refractivity contribution in [1.82, 2.24) is 9.80 Å². The van der Waals surface area contributed by atoms with Crippen molar-refractivity contribution < 1.29 is 23.5 Å². The third kappa shape index (κ3) is 6.40. The average Bonchev–Trinajstić information content (AvgIpc) is 2.96. The van der Waals surface area contributed by atoms with Crippen LogP contribution in [0, 0.1) is 11.7 Å². The molecule has 0 aliphatic carbocycles. The van der Waals surface area contributed by atoms with E-state index < -0.39 is 0 Å². The number of benzene rings is 2. The van der Waals surface area contributed by atoms with Crippen LogP contribution >= 0.6 is 0 Å². The summed E-state index contributed by atoms with van der Waals surface area (Å²) in [5, 5.41) is 0. The minimum Gasteiger partial charge on any atom is -0.376 e. The zero-order chi connectivity index (χ0) is 27.4. The van der Waals surface area contributed by atoms with E-state index in [0.717, 1.165) is 11.3 Å². The van der Waals surface area contributed by atoms with Crippen molar-refractivity contribution in [3.05, 3.63) is 82.8 Å². The fourth-order valence-electron chi connectivity index (χ4n) is 5.59. The number of likely N-dealkylation sites (tertiary alicyclic amines) is 1. The Kier molecular flexibility index (Phi) is 8.43. The molecule has 5 rings (SSSR count). The highest BCUT2D eigenvalue weighted by Crippen LogP contribution is 2.27. The monoisotopic (exact) mass is 531 g/mol. The molecule has 0 radical (unpaired) electrons. The zero-order valence-corrected chi connectivity index (χ0v) is 22.3. The number of nitrogens with zero attached hydrogens (tertiary/aromatic N) is 3. The molecule has 2 aromatic rings. The molecule has 3 aliphatic heterocycles. The number of amides is 1. The summed E-state index contributed by atoms with van der Waals surface area (Å²) in [7, 11) is 0. The van der Waals surface area contributed by atoms with Gasteiger partial charge in [-0.25, -0.2) is 4.39 Å². The molecule has 1 fully saturated rings. The second-order valence-electron chi connectivity index (χ2n) is 10.5. The first-order valence-corrected chi connectivity index (χ1v) is 13.6. The summed E-state index contributed by atoms with van der Waals surface area (Å²) in [5.74, 6) is -0.464. The van der Waals surface area contributed by atoms with Crippen LogP contribution in [0.25, 0.3) is 0 Å². The Bertz CT molecular complexity index is 1280. The van der Waals surface area contributed by atoms with Gasteiger partial charge in [-0.2, -0.15) is 0 Å². The number of carbonyl (C=O) groups excluding carboxylic acids is 3. The first-order chi connectivity index (χ1) is 18.9. The van der Waals surface area contributed by atoms with Gasteiger partial charge in [-0.05, 0) is 62.7 Å². The Balaban J connectivity index is 1.26. The third-order valence-corrected chi connectivity index (χ3v) is 7.94. The smallest absolute Gasteiger partial charge is 0.237 e. The van der Waals surface area contributed by atoms with Gasteiger partial charge < -0.3 is 9.64 Å². The fourth-order valence-corrected chi connectivity index (χ4v) is 5.59. The molecule has 0 N–H and O–H groups in total. The minimum absolute atomic E-state index is 0.0297. The Morgan fingerprint density at radius 1 is 1.10 bits per heavy atom. The van der Waals surface area contributed by atoms with Crippen molar-refractivity contribution in [3.63, 3.8) is 0 Å². The quantitative estimate of drug-likeness (QED) is 0.472. The largest absolute Gasteiger partial charge is 0.376 e. The summed E-state index contributed by atoms with van der Waals surface area (Å²) in [4.78, 5) is 48.1. The molecule has 3 aliphatic rings. The van der Waals surface area contributed by atoms with Crippen LogP contribution in [0.1, 0.15) is 54.6 Å². The Labute approximate surface area is 228 Å². The van der Waals surface area contributed by atoms with E-state index >= 15 is 0 Å². The SMILES string of the molecule is C[C@H](c1ccccc1)N(CC1=NC2=C(COCC2)C(=O)C1)C(=O)CN1CCC(C(=O)c2ccc(F)cc2)CC1. The molecule has 204 valence electrons. The number of aliphatic imine (C=N–C) groups is 1. The van der Waals surface area contributed by atoms with Gasteiger partial charge in [0.1, 0.15) is 5.82 Å². The van der Waals surface area contributed by atoms with E-state index in [1.54, 1.807) is 0 Å². The summed E-state index contributed by atoms with van der Waals surface area (Å²) >= 11 is 0. The highest BCUT2D eigenvalue weighted by molar-refractivity contribution is 6.13. The molecule has 8 heteroatoms. The second-order valence-corrected chi connectivity index (χ2v) is 10.5. The molecule has 1 atom stereocenters. The lowest BCUT2D eigenvalue weighted by Crippen LogP contribution is -2.47. The van der Waals surface area contributed by atoms with Crippen molar-refractivity contribution in [1.29, 1.82) is 0 Å². The molecule has 0 aromatic heterocycles. The van der Waals surface area contributed by atoms with Crippen molar-refractivity contribution in [2.75, 3.05) is 39.4 Å². The number of halogens is 1. The van der Waals surface area contributed by atoms with E-state index in [4.69, 9.17) is 9.73 Å². The number of Topliss-reactive ketones (excluding diaryl/α,β-unsaturated/α-hetero) is 2. The van der Waals surface area contributed by atoms with Crippen LogP contribution in [0.15, 0.2) is 70.9 Å². The Morgan fingerprint density at radius 2 is 1.82 bits per heavy atom. The summed E-state index contributed by atoms with van der Waals surface area (Å²) in [6, 6.07) is 15.4. The Hall–Kier alpha value is -3.49. The van der Waals surface area contributed by atoms with Crippen LogP contribution in [0.4, 0.5) is 4.39 Å². The van der Waals surface area contributed by atoms with Crippen molar-refractivity contribution in [2.45, 2.75) is 38.6 Å². The normalized spacial score (nSPS) is 19.3. The van der Waals surface area contributed by atoms with E-state index in [-0.39, 0.29) is 54.8 Å². The van der Waals surface area contributed by atoms with Crippen LogP contribution in [0.3, 0.4) is 0 Å². The van der Waals surface area contributed by atoms with E-state index in [2.05, 4.69) is 4.90 Å². The zero-order valence-electron chi connectivity index (χ0n) is 22.3. The van der Waals surface area contributed by atoms with Gasteiger partial charge in [0.2, 0.25) is 5.91 Å². The van der Waals surface area contributed by atoms with Gasteiger partial charge in [0.15, 0.2) is 11.6 Å². The first kappa shape index (κ1) is 27.1. The number of rotatable bonds is 8. The van der Waals surface area contributed by atoms with Crippen molar-refractivity contribution in [3.8, 4) is 0 Å². The van der Waals surface area contributed by atoms with Crippen LogP contribution in [-0.4, -0.2) is 72.4 Å². The van der Waals surface area contributed by atoms with Gasteiger partial charge >= 0.3 is 0 Å². The summed E-state index contributed by atoms with van der Waals surface area (Å²) in [6.07, 6.45) is 2.11. The van der Waals surface area contributed by atoms with Gasteiger partial charge in [-0.3, -0.25) is 24.3 Å². The molecule has 7 nitrogen and oxygen atoms in total. The standard InChI is InChI=1S/C31H34FN3O4/c1-21(22-5-3-2-4-6-22)35(18-26-17-29(36)27-20-39-16-13-28(27)33-26)30(37)19-34-14-11-24(12-15-34)31(38)23-7-9-25(32)10-8-23/h2-10,21,24H,11-20H2,1H3/t21-/m1/s1. The lowest BCUT2D eigenvalue weighted by atomic mass is 9.89. The average molecular weight is 532 g/mol. The van der Waals surface area contributed by atoms with Crippen LogP contribution in [0.2, 0.25) is 0 Å². The number of hydrogen-bond donors (Lipinski definition) is 0. The van der Waals surface area contributed by atoms with E-state index in [1.165, 1.54) is 24.3 Å². The third-order valence-electron chi connectivity index (χ3n) is 7.94. The fraction of sp³-hybridized carbons (Fsp3) is 0.419. The summed E-state index contributed by atoms with van der Waals surface area (Å²) in [6.45, 7) is 4.65. The highest BCUT2D eigenvalue weighted by atomic mass is 19.1. The maximum Gasteiger partial charge on any atom is 0.237 e. The molecule has 3 heterocycles. The first-order valence-electron chi connectivity index (χ1n) is 13.6. The number of hydrogen-bond acceptors (Lipinski definition) is 6. The van der Waals surface area contributed by atoms with Gasteiger partial charge in [-0.15, -0.1) is 0 Å². The molecule has 0 bridgehead atoms. The predicted octanol–water partition coefficient (Wildman–Crippen LogP) is 4.40. The Morgan fingerprint density at radius 3 is 2.54 bits per heavy atom. The van der Waals surface area contributed by atoms with Crippen molar-refractivity contribution in [2.24, 2.45) is 10.9 Å². The maximum atomic E-state index is 13.7. The number of ketones is 2. The summed E-state index contributed by atoms with van der Waals surface area (Å²) in [5.41, 5.74) is 3.71. The lowest BCUT2D eigenvalue weighted by Gasteiger charge is -2.35. The number of carbonyl (C=O) groups is 3. The molecule has 2 aromatic carbocycles. The van der Waals surface area contributed by atoms with Crippen LogP contribution in [0.5, 0.6) is 0 Å². The predicted molar refractivity (Wildman–Crippen MR) is 146 cm³/mol. The van der Waals surface area contributed by atoms with Crippen LogP contribution in [-0.2, 0) is 14.3 Å². The van der Waals surface area contributed by atoms with Gasteiger partial charge in [-0.1, -0.05) is 30.3 Å². The second kappa shape index (κ2) is 12.1. The molecule has 0 spiro atoms. The number of piperidine rings is 1. The van der Waals surface area contributed by atoms with Crippen LogP contribution < -0.4 is 0 Å². The van der Waals surface area contributed by atoms with Gasteiger partial charge in [0.25, 0.3) is 0 Å². The highest BCUT2D eigenvalue weighted by Gasteiger charge is 2.32. The lowest BCUT2D eigenvalue weighted by molar-refractivity contribution is -0.134. The molecular weight excluding hydrogens is 497 g/mol. The van der Waals surface area contributed by atoms with Gasteiger partial charge in [0, 0.05) is 29.2 Å². The topological polar surface area (TPSA) is 79.3 Å². The van der Waals surface area contributed by atoms with E-state index in [0.29, 0.717) is 62.4 Å².